The summed E-state index contributed by atoms with van der Waals surface area (Å²) in [7, 11) is 0. The molecule has 0 spiro atoms. The Labute approximate surface area is 114 Å². The van der Waals surface area contributed by atoms with E-state index in [1.165, 1.54) is 50.5 Å². The van der Waals surface area contributed by atoms with E-state index in [1.54, 1.807) is 0 Å². The van der Waals surface area contributed by atoms with Crippen LogP contribution in [0.25, 0.3) is 0 Å². The third kappa shape index (κ3) is 2.95. The molecule has 3 rings (SSSR count). The summed E-state index contributed by atoms with van der Waals surface area (Å²) < 4.78 is 0. The Kier molecular flexibility index (Phi) is 4.02. The molecular formula is C15H24N2S. The minimum atomic E-state index is 0.395. The average Bonchev–Trinajstić information content (AvgIpc) is 3.12. The topological polar surface area (TPSA) is 29.3 Å². The van der Waals surface area contributed by atoms with Crippen molar-refractivity contribution in [1.29, 1.82) is 0 Å². The van der Waals surface area contributed by atoms with Crippen molar-refractivity contribution in [3.05, 3.63) is 22.4 Å². The van der Waals surface area contributed by atoms with Gasteiger partial charge in [-0.25, -0.2) is 0 Å². The predicted molar refractivity (Wildman–Crippen MR) is 77.7 cm³/mol. The van der Waals surface area contributed by atoms with Gasteiger partial charge in [0.2, 0.25) is 0 Å². The zero-order chi connectivity index (χ0) is 12.4. The van der Waals surface area contributed by atoms with Gasteiger partial charge in [0.15, 0.2) is 0 Å². The fraction of sp³-hybridized carbons (Fsp3) is 0.733. The second-order valence-electron chi connectivity index (χ2n) is 5.90. The highest BCUT2D eigenvalue weighted by molar-refractivity contribution is 7.07. The summed E-state index contributed by atoms with van der Waals surface area (Å²) in [4.78, 5) is 2.72. The van der Waals surface area contributed by atoms with Crippen molar-refractivity contribution in [2.45, 2.75) is 69.6 Å². The summed E-state index contributed by atoms with van der Waals surface area (Å²) in [6, 6.07) is 4.10. The molecule has 1 aromatic rings. The Morgan fingerprint density at radius 3 is 2.72 bits per heavy atom. The quantitative estimate of drug-likeness (QED) is 0.845. The first kappa shape index (κ1) is 12.6. The largest absolute Gasteiger partial charge is 0.326 e. The van der Waals surface area contributed by atoms with Crippen molar-refractivity contribution in [2.75, 3.05) is 0 Å². The van der Waals surface area contributed by atoms with Gasteiger partial charge in [0.1, 0.15) is 0 Å². The fourth-order valence-corrected chi connectivity index (χ4v) is 3.91. The first-order valence-corrected chi connectivity index (χ1v) is 8.31. The lowest BCUT2D eigenvalue weighted by molar-refractivity contribution is 0.145. The number of nitrogens with zero attached hydrogens (tertiary/aromatic N) is 1. The van der Waals surface area contributed by atoms with Crippen LogP contribution in [0.3, 0.4) is 0 Å². The first-order chi connectivity index (χ1) is 8.84. The number of rotatable bonds is 4. The molecule has 0 aliphatic heterocycles. The van der Waals surface area contributed by atoms with E-state index in [2.05, 4.69) is 21.7 Å². The van der Waals surface area contributed by atoms with Crippen LogP contribution in [0.15, 0.2) is 16.8 Å². The molecule has 2 aliphatic rings. The lowest BCUT2D eigenvalue weighted by Gasteiger charge is -2.34. The highest BCUT2D eigenvalue weighted by Gasteiger charge is 2.36. The summed E-state index contributed by atoms with van der Waals surface area (Å²) in [6.07, 6.45) is 9.36. The van der Waals surface area contributed by atoms with Gasteiger partial charge in [0.05, 0.1) is 0 Å². The Morgan fingerprint density at radius 1 is 1.17 bits per heavy atom. The number of hydrogen-bond donors (Lipinski definition) is 1. The zero-order valence-corrected chi connectivity index (χ0v) is 11.9. The third-order valence-electron chi connectivity index (χ3n) is 4.42. The molecule has 2 aliphatic carbocycles. The van der Waals surface area contributed by atoms with E-state index < -0.39 is 0 Å². The van der Waals surface area contributed by atoms with Gasteiger partial charge in [-0.2, -0.15) is 11.3 Å². The van der Waals surface area contributed by atoms with Crippen molar-refractivity contribution >= 4 is 11.3 Å². The lowest BCUT2D eigenvalue weighted by atomic mass is 10.0. The van der Waals surface area contributed by atoms with Crippen molar-refractivity contribution in [2.24, 2.45) is 5.73 Å². The highest BCUT2D eigenvalue weighted by Crippen LogP contribution is 2.34. The molecule has 0 aromatic carbocycles. The lowest BCUT2D eigenvalue weighted by Crippen LogP contribution is -2.47. The van der Waals surface area contributed by atoms with Crippen molar-refractivity contribution in [1.82, 2.24) is 4.90 Å². The highest BCUT2D eigenvalue weighted by atomic mass is 32.1. The maximum absolute atomic E-state index is 6.44. The molecule has 0 amide bonds. The Balaban J connectivity index is 1.71. The standard InChI is InChI=1S/C15H24N2S/c16-14-4-2-1-3-5-15(14)17(13-6-7-13)10-12-8-9-18-11-12/h8-9,11,13-15H,1-7,10,16H2. The van der Waals surface area contributed by atoms with Gasteiger partial charge >= 0.3 is 0 Å². The first-order valence-electron chi connectivity index (χ1n) is 7.37. The van der Waals surface area contributed by atoms with E-state index >= 15 is 0 Å². The van der Waals surface area contributed by atoms with Gasteiger partial charge in [-0.15, -0.1) is 0 Å². The number of hydrogen-bond acceptors (Lipinski definition) is 3. The van der Waals surface area contributed by atoms with E-state index in [0.29, 0.717) is 12.1 Å². The molecule has 2 atom stereocenters. The molecular weight excluding hydrogens is 240 g/mol. The van der Waals surface area contributed by atoms with Crippen LogP contribution in [0.4, 0.5) is 0 Å². The van der Waals surface area contributed by atoms with Crippen LogP contribution in [0.2, 0.25) is 0 Å². The van der Waals surface area contributed by atoms with Gasteiger partial charge in [0, 0.05) is 24.7 Å². The molecule has 18 heavy (non-hydrogen) atoms. The van der Waals surface area contributed by atoms with Gasteiger partial charge < -0.3 is 5.73 Å². The van der Waals surface area contributed by atoms with E-state index in [-0.39, 0.29) is 0 Å². The minimum absolute atomic E-state index is 0.395. The van der Waals surface area contributed by atoms with Crippen LogP contribution in [-0.2, 0) is 6.54 Å². The summed E-state index contributed by atoms with van der Waals surface area (Å²) in [5, 5.41) is 4.48. The smallest absolute Gasteiger partial charge is 0.0253 e. The minimum Gasteiger partial charge on any atom is -0.326 e. The average molecular weight is 264 g/mol. The van der Waals surface area contributed by atoms with Gasteiger partial charge in [-0.05, 0) is 48.1 Å². The summed E-state index contributed by atoms with van der Waals surface area (Å²) >= 11 is 1.81. The van der Waals surface area contributed by atoms with Crippen LogP contribution < -0.4 is 5.73 Å². The SMILES string of the molecule is NC1CCCCCC1N(Cc1ccsc1)C1CC1. The third-order valence-corrected chi connectivity index (χ3v) is 5.15. The van der Waals surface area contributed by atoms with Crippen molar-refractivity contribution in [3.8, 4) is 0 Å². The summed E-state index contributed by atoms with van der Waals surface area (Å²) in [5.74, 6) is 0. The zero-order valence-electron chi connectivity index (χ0n) is 11.1. The molecule has 2 nitrogen and oxygen atoms in total. The second kappa shape index (κ2) is 5.72. The Bertz CT molecular complexity index is 359. The number of thiophene rings is 1. The maximum Gasteiger partial charge on any atom is 0.0253 e. The predicted octanol–water partition coefficient (Wildman–Crippen LogP) is 3.37. The molecule has 2 unspecified atom stereocenters. The Morgan fingerprint density at radius 2 is 2.00 bits per heavy atom. The van der Waals surface area contributed by atoms with Crippen molar-refractivity contribution < 1.29 is 0 Å². The van der Waals surface area contributed by atoms with Crippen LogP contribution in [0, 0.1) is 0 Å². The van der Waals surface area contributed by atoms with Gasteiger partial charge in [-0.3, -0.25) is 4.90 Å². The van der Waals surface area contributed by atoms with E-state index in [4.69, 9.17) is 5.73 Å². The van der Waals surface area contributed by atoms with Crippen LogP contribution >= 0.6 is 11.3 Å². The molecule has 0 saturated heterocycles. The second-order valence-corrected chi connectivity index (χ2v) is 6.68. The molecule has 3 heteroatoms. The monoisotopic (exact) mass is 264 g/mol. The molecule has 0 radical (unpaired) electrons. The molecule has 0 bridgehead atoms. The van der Waals surface area contributed by atoms with Crippen LogP contribution in [0.1, 0.15) is 50.5 Å². The van der Waals surface area contributed by atoms with Crippen LogP contribution in [0.5, 0.6) is 0 Å². The molecule has 100 valence electrons. The maximum atomic E-state index is 6.44. The Hall–Kier alpha value is -0.380. The molecule has 1 aromatic heterocycles. The van der Waals surface area contributed by atoms with Crippen molar-refractivity contribution in [3.63, 3.8) is 0 Å². The van der Waals surface area contributed by atoms with E-state index in [9.17, 15) is 0 Å². The summed E-state index contributed by atoms with van der Waals surface area (Å²) in [5.41, 5.74) is 7.91. The summed E-state index contributed by atoms with van der Waals surface area (Å²) in [6.45, 7) is 1.12. The molecule has 2 N–H and O–H groups in total. The molecule has 2 fully saturated rings. The molecule has 2 saturated carbocycles. The fourth-order valence-electron chi connectivity index (χ4n) is 3.25. The van der Waals surface area contributed by atoms with Gasteiger partial charge in [-0.1, -0.05) is 19.3 Å². The van der Waals surface area contributed by atoms with E-state index in [1.807, 2.05) is 11.3 Å². The normalized spacial score (nSPS) is 29.4. The molecule has 1 heterocycles. The van der Waals surface area contributed by atoms with Gasteiger partial charge in [0.25, 0.3) is 0 Å². The van der Waals surface area contributed by atoms with Crippen LogP contribution in [-0.4, -0.2) is 23.0 Å². The van der Waals surface area contributed by atoms with E-state index in [0.717, 1.165) is 12.6 Å². The number of nitrogens with two attached hydrogens (primary N) is 1.